The minimum absolute atomic E-state index is 0.0208. The lowest BCUT2D eigenvalue weighted by molar-refractivity contribution is -0.139. The molecule has 0 saturated heterocycles. The van der Waals surface area contributed by atoms with Crippen LogP contribution in [-0.4, -0.2) is 22.9 Å². The largest absolute Gasteiger partial charge is 0.480 e. The zero-order valence-electron chi connectivity index (χ0n) is 11.7. The average molecular weight is 312 g/mol. The molecular weight excluding hydrogens is 289 g/mol. The number of rotatable bonds is 7. The van der Waals surface area contributed by atoms with Crippen LogP contribution < -0.4 is 5.73 Å². The number of unbranched alkanes of at least 4 members (excludes halogenated alkanes) is 2. The first kappa shape index (κ1) is 20.7. The first-order valence-electron chi connectivity index (χ1n) is 6.25. The Hall–Kier alpha value is -0.580. The minimum atomic E-state index is -0.931. The van der Waals surface area contributed by atoms with Crippen LogP contribution in [-0.2, 0) is 9.59 Å². The van der Waals surface area contributed by atoms with Crippen LogP contribution in [0.2, 0.25) is 0 Å². The number of hydrogen-bond acceptors (Lipinski definition) is 3. The molecule has 0 amide bonds. The van der Waals surface area contributed by atoms with Crippen molar-refractivity contribution in [3.8, 4) is 0 Å². The van der Waals surface area contributed by atoms with Gasteiger partial charge in [-0.25, -0.2) is 0 Å². The summed E-state index contributed by atoms with van der Waals surface area (Å²) in [6.07, 6.45) is 3.58. The number of halogens is 2. The van der Waals surface area contributed by atoms with E-state index < -0.39 is 12.0 Å². The Bertz CT molecular complexity index is 304. The molecule has 0 heterocycles. The van der Waals surface area contributed by atoms with E-state index in [1.165, 1.54) is 0 Å². The molecule has 4 nitrogen and oxygen atoms in total. The van der Waals surface area contributed by atoms with Gasteiger partial charge in [0.1, 0.15) is 6.04 Å². The van der Waals surface area contributed by atoms with Crippen molar-refractivity contribution in [2.75, 3.05) is 0 Å². The van der Waals surface area contributed by atoms with E-state index in [-0.39, 0.29) is 16.7 Å². The Labute approximate surface area is 124 Å². The molecule has 0 radical (unpaired) electrons. The molecule has 6 heteroatoms. The van der Waals surface area contributed by atoms with Crippen molar-refractivity contribution in [1.82, 2.24) is 0 Å². The Balaban J connectivity index is 0. The third kappa shape index (κ3) is 12.2. The number of Topliss-reactive ketones (excluding diaryl/α,β-unsaturated/α-hetero) is 1. The van der Waals surface area contributed by atoms with Crippen LogP contribution in [0.1, 0.15) is 46.5 Å². The summed E-state index contributed by atoms with van der Waals surface area (Å²) in [6.45, 7) is 5.64. The van der Waals surface area contributed by atoms with E-state index in [2.05, 4.69) is 6.92 Å². The molecule has 1 atom stereocenters. The van der Waals surface area contributed by atoms with Crippen molar-refractivity contribution in [3.05, 3.63) is 10.6 Å². The van der Waals surface area contributed by atoms with Gasteiger partial charge in [-0.2, -0.15) is 0 Å². The van der Waals surface area contributed by atoms with Crippen molar-refractivity contribution in [2.45, 2.75) is 52.5 Å². The van der Waals surface area contributed by atoms with E-state index in [4.69, 9.17) is 34.0 Å². The molecule has 0 aromatic carbocycles. The molecule has 0 saturated carbocycles. The number of carbonyl (C=O) groups excluding carboxylic acids is 1. The summed E-state index contributed by atoms with van der Waals surface area (Å²) < 4.78 is 0. The van der Waals surface area contributed by atoms with Crippen molar-refractivity contribution in [3.63, 3.8) is 0 Å². The lowest BCUT2D eigenvalue weighted by atomic mass is 10.1. The van der Waals surface area contributed by atoms with E-state index in [1.54, 1.807) is 13.8 Å². The van der Waals surface area contributed by atoms with Crippen LogP contribution in [0.4, 0.5) is 0 Å². The highest BCUT2D eigenvalue weighted by Crippen LogP contribution is 2.10. The molecule has 0 bridgehead atoms. The third-order valence-corrected chi connectivity index (χ3v) is 3.02. The highest BCUT2D eigenvalue weighted by molar-refractivity contribution is 6.46. The minimum Gasteiger partial charge on any atom is -0.480 e. The molecule has 0 fully saturated rings. The summed E-state index contributed by atoms with van der Waals surface area (Å²) >= 11 is 10.7. The first-order valence-corrected chi connectivity index (χ1v) is 7.06. The molecule has 0 rings (SSSR count). The summed E-state index contributed by atoms with van der Waals surface area (Å²) in [6, 6.07) is -0.713. The number of carboxylic acid groups (broad SMARTS) is 1. The second-order valence-corrected chi connectivity index (χ2v) is 5.07. The van der Waals surface area contributed by atoms with Gasteiger partial charge in [0.15, 0.2) is 5.78 Å². The second-order valence-electron chi connectivity index (χ2n) is 4.45. The van der Waals surface area contributed by atoms with Gasteiger partial charge in [-0.1, -0.05) is 56.8 Å². The zero-order valence-corrected chi connectivity index (χ0v) is 13.2. The lowest BCUT2D eigenvalue weighted by Crippen LogP contribution is -2.34. The number of carbonyl (C=O) groups is 2. The second kappa shape index (κ2) is 12.5. The average Bonchev–Trinajstić information content (AvgIpc) is 2.37. The Morgan fingerprint density at radius 2 is 1.84 bits per heavy atom. The van der Waals surface area contributed by atoms with Crippen molar-refractivity contribution in [1.29, 1.82) is 0 Å². The molecule has 0 aliphatic rings. The molecular formula is C13H23Cl2NO3. The fourth-order valence-corrected chi connectivity index (χ4v) is 1.22. The van der Waals surface area contributed by atoms with E-state index in [9.17, 15) is 9.59 Å². The lowest BCUT2D eigenvalue weighted by Gasteiger charge is -2.07. The molecule has 0 aliphatic heterocycles. The predicted molar refractivity (Wildman–Crippen MR) is 79.4 cm³/mol. The maximum absolute atomic E-state index is 11.0. The van der Waals surface area contributed by atoms with Gasteiger partial charge >= 0.3 is 5.97 Å². The standard InChI is InChI=1S/C8H12Cl2O.C5H11NO2/c1-2-3-4-5-8(11)7(10)6-9;1-3(2)4(6)5(7)8/h6H,2-5H2,1H3;3-4H,6H2,1-2H3,(H,7,8)/b7-6-;/t;4-/m.0/s1. The van der Waals surface area contributed by atoms with Crippen LogP contribution in [0, 0.1) is 5.92 Å². The van der Waals surface area contributed by atoms with Gasteiger partial charge in [0.05, 0.1) is 5.03 Å². The molecule has 0 spiro atoms. The zero-order chi connectivity index (χ0) is 15.4. The summed E-state index contributed by atoms with van der Waals surface area (Å²) in [7, 11) is 0. The number of hydrogen-bond donors (Lipinski definition) is 2. The van der Waals surface area contributed by atoms with E-state index in [1.807, 2.05) is 0 Å². The summed E-state index contributed by atoms with van der Waals surface area (Å²) in [5, 5.41) is 8.37. The van der Waals surface area contributed by atoms with Gasteiger partial charge in [-0.3, -0.25) is 9.59 Å². The number of nitrogens with two attached hydrogens (primary N) is 1. The van der Waals surface area contributed by atoms with E-state index in [0.29, 0.717) is 6.42 Å². The first-order chi connectivity index (χ1) is 8.77. The van der Waals surface area contributed by atoms with Gasteiger partial charge in [-0.05, 0) is 12.3 Å². The molecule has 112 valence electrons. The molecule has 0 aromatic heterocycles. The normalized spacial score (nSPS) is 12.7. The Morgan fingerprint density at radius 3 is 2.11 bits per heavy atom. The van der Waals surface area contributed by atoms with Gasteiger partial charge in [0.25, 0.3) is 0 Å². The molecule has 0 unspecified atom stereocenters. The highest BCUT2D eigenvalue weighted by atomic mass is 35.5. The molecule has 19 heavy (non-hydrogen) atoms. The van der Waals surface area contributed by atoms with Gasteiger partial charge in [-0.15, -0.1) is 0 Å². The summed E-state index contributed by atoms with van der Waals surface area (Å²) in [5.74, 6) is -0.970. The van der Waals surface area contributed by atoms with E-state index in [0.717, 1.165) is 24.8 Å². The fraction of sp³-hybridized carbons (Fsp3) is 0.692. The summed E-state index contributed by atoms with van der Waals surface area (Å²) in [4.78, 5) is 21.0. The quantitative estimate of drug-likeness (QED) is 0.557. The Kier molecular flexibility index (Phi) is 13.6. The van der Waals surface area contributed by atoms with Crippen LogP contribution >= 0.6 is 23.2 Å². The van der Waals surface area contributed by atoms with Gasteiger partial charge in [0, 0.05) is 12.0 Å². The topological polar surface area (TPSA) is 80.4 Å². The van der Waals surface area contributed by atoms with Crippen molar-refractivity contribution in [2.24, 2.45) is 11.7 Å². The predicted octanol–water partition coefficient (Wildman–Crippen LogP) is 3.51. The third-order valence-electron chi connectivity index (χ3n) is 2.37. The number of carboxylic acids is 1. The van der Waals surface area contributed by atoms with Crippen LogP contribution in [0.5, 0.6) is 0 Å². The Morgan fingerprint density at radius 1 is 1.32 bits per heavy atom. The van der Waals surface area contributed by atoms with Crippen molar-refractivity contribution >= 4 is 35.0 Å². The smallest absolute Gasteiger partial charge is 0.320 e. The molecule has 3 N–H and O–H groups in total. The number of allylic oxidation sites excluding steroid dienone is 1. The van der Waals surface area contributed by atoms with Crippen molar-refractivity contribution < 1.29 is 14.7 Å². The molecule has 0 aliphatic carbocycles. The monoisotopic (exact) mass is 311 g/mol. The summed E-state index contributed by atoms with van der Waals surface area (Å²) in [5.41, 5.74) is 6.28. The number of aliphatic carboxylic acids is 1. The van der Waals surface area contributed by atoms with Crippen LogP contribution in [0.25, 0.3) is 0 Å². The van der Waals surface area contributed by atoms with Crippen LogP contribution in [0.15, 0.2) is 10.6 Å². The highest BCUT2D eigenvalue weighted by Gasteiger charge is 2.14. The van der Waals surface area contributed by atoms with E-state index >= 15 is 0 Å². The van der Waals surface area contributed by atoms with Crippen LogP contribution in [0.3, 0.4) is 0 Å². The van der Waals surface area contributed by atoms with Gasteiger partial charge in [0.2, 0.25) is 0 Å². The number of ketones is 1. The maximum atomic E-state index is 11.0. The fourth-order valence-electron chi connectivity index (χ4n) is 1.00. The molecule has 0 aromatic rings. The maximum Gasteiger partial charge on any atom is 0.320 e. The van der Waals surface area contributed by atoms with Gasteiger partial charge < -0.3 is 10.8 Å². The SMILES string of the molecule is CC(C)[C@H](N)C(=O)O.CCCCCC(=O)/C(Cl)=C/Cl.